The highest BCUT2D eigenvalue weighted by atomic mass is 16.1. The van der Waals surface area contributed by atoms with Crippen LogP contribution in [0.2, 0.25) is 0 Å². The fourth-order valence-corrected chi connectivity index (χ4v) is 4.29. The SMILES string of the molecule is CC(C)Cn1cc(-c2nc(NC[C@@H]3CCCC[C@@H]3C)nc3c2C(=O)NC3)cn1. The van der Waals surface area contributed by atoms with Crippen molar-refractivity contribution >= 4 is 11.9 Å². The number of nitrogens with one attached hydrogen (secondary N) is 2. The summed E-state index contributed by atoms with van der Waals surface area (Å²) in [5, 5.41) is 10.8. The molecule has 1 amide bonds. The van der Waals surface area contributed by atoms with Gasteiger partial charge in [0.2, 0.25) is 5.95 Å². The quantitative estimate of drug-likeness (QED) is 0.799. The van der Waals surface area contributed by atoms with E-state index in [-0.39, 0.29) is 5.91 Å². The molecule has 1 fully saturated rings. The largest absolute Gasteiger partial charge is 0.354 e. The number of amides is 1. The first-order chi connectivity index (χ1) is 13.5. The van der Waals surface area contributed by atoms with Crippen LogP contribution in [0.5, 0.6) is 0 Å². The third-order valence-corrected chi connectivity index (χ3v) is 5.90. The van der Waals surface area contributed by atoms with E-state index in [0.29, 0.717) is 35.6 Å². The molecule has 0 aromatic carbocycles. The molecule has 150 valence electrons. The van der Waals surface area contributed by atoms with Crippen LogP contribution in [0.15, 0.2) is 12.4 Å². The summed E-state index contributed by atoms with van der Waals surface area (Å²) >= 11 is 0. The van der Waals surface area contributed by atoms with Gasteiger partial charge in [-0.15, -0.1) is 0 Å². The van der Waals surface area contributed by atoms with Gasteiger partial charge in [-0.05, 0) is 24.2 Å². The van der Waals surface area contributed by atoms with Crippen molar-refractivity contribution in [2.24, 2.45) is 17.8 Å². The monoisotopic (exact) mass is 382 g/mol. The van der Waals surface area contributed by atoms with Crippen LogP contribution in [0, 0.1) is 17.8 Å². The molecule has 28 heavy (non-hydrogen) atoms. The second-order valence-electron chi connectivity index (χ2n) is 8.65. The van der Waals surface area contributed by atoms with Crippen LogP contribution < -0.4 is 10.6 Å². The molecule has 1 aliphatic carbocycles. The summed E-state index contributed by atoms with van der Waals surface area (Å²) in [6.07, 6.45) is 8.97. The van der Waals surface area contributed by atoms with Crippen molar-refractivity contribution in [1.82, 2.24) is 25.1 Å². The lowest BCUT2D eigenvalue weighted by molar-refractivity contribution is 0.0966. The Labute approximate surface area is 166 Å². The van der Waals surface area contributed by atoms with Gasteiger partial charge in [0.25, 0.3) is 5.91 Å². The predicted molar refractivity (Wildman–Crippen MR) is 109 cm³/mol. The molecule has 0 unspecified atom stereocenters. The minimum absolute atomic E-state index is 0.103. The van der Waals surface area contributed by atoms with E-state index in [4.69, 9.17) is 4.98 Å². The summed E-state index contributed by atoms with van der Waals surface area (Å²) in [7, 11) is 0. The molecule has 0 spiro atoms. The van der Waals surface area contributed by atoms with E-state index in [9.17, 15) is 4.79 Å². The molecule has 2 atom stereocenters. The Balaban J connectivity index is 1.60. The third kappa shape index (κ3) is 3.88. The van der Waals surface area contributed by atoms with Gasteiger partial charge in [0.05, 0.1) is 29.7 Å². The van der Waals surface area contributed by atoms with Gasteiger partial charge in [-0.2, -0.15) is 5.10 Å². The van der Waals surface area contributed by atoms with Crippen molar-refractivity contribution in [2.75, 3.05) is 11.9 Å². The molecule has 1 saturated carbocycles. The number of hydrogen-bond donors (Lipinski definition) is 2. The van der Waals surface area contributed by atoms with Crippen LogP contribution in [0.1, 0.15) is 62.5 Å². The Kier molecular flexibility index (Phi) is 5.33. The number of anilines is 1. The van der Waals surface area contributed by atoms with Crippen LogP contribution in [-0.4, -0.2) is 32.2 Å². The second-order valence-corrected chi connectivity index (χ2v) is 8.65. The molecule has 2 aliphatic rings. The maximum atomic E-state index is 12.4. The predicted octanol–water partition coefficient (Wildman–Crippen LogP) is 3.48. The highest BCUT2D eigenvalue weighted by Gasteiger charge is 2.28. The summed E-state index contributed by atoms with van der Waals surface area (Å²) in [6.45, 7) is 8.83. The van der Waals surface area contributed by atoms with Crippen LogP contribution >= 0.6 is 0 Å². The summed E-state index contributed by atoms with van der Waals surface area (Å²) in [5.41, 5.74) is 2.89. The number of aromatic nitrogens is 4. The van der Waals surface area contributed by atoms with E-state index in [1.165, 1.54) is 25.7 Å². The van der Waals surface area contributed by atoms with Crippen LogP contribution in [0.4, 0.5) is 5.95 Å². The fourth-order valence-electron chi connectivity index (χ4n) is 4.29. The van der Waals surface area contributed by atoms with Gasteiger partial charge < -0.3 is 10.6 Å². The number of hydrogen-bond acceptors (Lipinski definition) is 5. The minimum Gasteiger partial charge on any atom is -0.354 e. The standard InChI is InChI=1S/C21H30N6O/c1-13(2)11-27-12-16(9-24-27)19-18-17(10-22-20(18)28)25-21(26-19)23-8-15-7-5-4-6-14(15)3/h9,12-15H,4-8,10-11H2,1-3H3,(H,22,28)(H,23,25,26)/t14-,15-/m0/s1. The maximum absolute atomic E-state index is 12.4. The molecule has 7 heteroatoms. The second kappa shape index (κ2) is 7.89. The van der Waals surface area contributed by atoms with E-state index in [0.717, 1.165) is 30.3 Å². The Morgan fingerprint density at radius 3 is 2.89 bits per heavy atom. The van der Waals surface area contributed by atoms with Gasteiger partial charge in [-0.3, -0.25) is 9.48 Å². The molecule has 7 nitrogen and oxygen atoms in total. The van der Waals surface area contributed by atoms with E-state index in [2.05, 4.69) is 41.5 Å². The zero-order chi connectivity index (χ0) is 19.7. The molecule has 2 aromatic rings. The van der Waals surface area contributed by atoms with E-state index in [1.807, 2.05) is 10.9 Å². The lowest BCUT2D eigenvalue weighted by atomic mass is 9.80. The fraction of sp³-hybridized carbons (Fsp3) is 0.619. The van der Waals surface area contributed by atoms with Crippen molar-refractivity contribution in [1.29, 1.82) is 0 Å². The number of nitrogens with zero attached hydrogens (tertiary/aromatic N) is 4. The Morgan fingerprint density at radius 1 is 1.29 bits per heavy atom. The van der Waals surface area contributed by atoms with Gasteiger partial charge in [-0.1, -0.05) is 40.0 Å². The molecule has 0 radical (unpaired) electrons. The van der Waals surface area contributed by atoms with Crippen LogP contribution in [0.25, 0.3) is 11.3 Å². The number of rotatable bonds is 6. The number of carbonyl (C=O) groups excluding carboxylic acids is 1. The summed E-state index contributed by atoms with van der Waals surface area (Å²) in [5.74, 6) is 2.39. The van der Waals surface area contributed by atoms with E-state index in [1.54, 1.807) is 6.20 Å². The first kappa shape index (κ1) is 18.9. The Hall–Kier alpha value is -2.44. The Bertz CT molecular complexity index is 859. The lowest BCUT2D eigenvalue weighted by Crippen LogP contribution is -2.25. The molecular formula is C21H30N6O. The van der Waals surface area contributed by atoms with Crippen molar-refractivity contribution in [3.8, 4) is 11.3 Å². The van der Waals surface area contributed by atoms with Crippen molar-refractivity contribution in [3.63, 3.8) is 0 Å². The molecule has 0 saturated heterocycles. The molecule has 1 aliphatic heterocycles. The van der Waals surface area contributed by atoms with Gasteiger partial charge in [0.1, 0.15) is 0 Å². The highest BCUT2D eigenvalue weighted by molar-refractivity contribution is 6.03. The number of fused-ring (bicyclic) bond motifs is 1. The Morgan fingerprint density at radius 2 is 2.11 bits per heavy atom. The normalized spacial score (nSPS) is 21.6. The minimum atomic E-state index is -0.103. The highest BCUT2D eigenvalue weighted by Crippen LogP contribution is 2.31. The summed E-state index contributed by atoms with van der Waals surface area (Å²) in [6, 6.07) is 0. The molecule has 2 N–H and O–H groups in total. The summed E-state index contributed by atoms with van der Waals surface area (Å²) in [4.78, 5) is 21.7. The van der Waals surface area contributed by atoms with E-state index >= 15 is 0 Å². The van der Waals surface area contributed by atoms with Gasteiger partial charge in [0.15, 0.2) is 0 Å². The van der Waals surface area contributed by atoms with Gasteiger partial charge in [-0.25, -0.2) is 9.97 Å². The van der Waals surface area contributed by atoms with Gasteiger partial charge >= 0.3 is 0 Å². The summed E-state index contributed by atoms with van der Waals surface area (Å²) < 4.78 is 1.91. The zero-order valence-electron chi connectivity index (χ0n) is 17.0. The smallest absolute Gasteiger partial charge is 0.255 e. The van der Waals surface area contributed by atoms with Crippen molar-refractivity contribution in [3.05, 3.63) is 23.7 Å². The van der Waals surface area contributed by atoms with Crippen LogP contribution in [-0.2, 0) is 13.1 Å². The number of carbonyl (C=O) groups is 1. The average molecular weight is 383 g/mol. The van der Waals surface area contributed by atoms with Crippen molar-refractivity contribution < 1.29 is 4.79 Å². The van der Waals surface area contributed by atoms with Gasteiger partial charge in [0, 0.05) is 24.8 Å². The molecular weight excluding hydrogens is 352 g/mol. The van der Waals surface area contributed by atoms with Crippen molar-refractivity contribution in [2.45, 2.75) is 59.5 Å². The average Bonchev–Trinajstić information content (AvgIpc) is 3.27. The molecule has 3 heterocycles. The van der Waals surface area contributed by atoms with E-state index < -0.39 is 0 Å². The first-order valence-corrected chi connectivity index (χ1v) is 10.5. The maximum Gasteiger partial charge on any atom is 0.255 e. The molecule has 0 bridgehead atoms. The zero-order valence-corrected chi connectivity index (χ0v) is 17.0. The molecule has 2 aromatic heterocycles. The lowest BCUT2D eigenvalue weighted by Gasteiger charge is -2.28. The first-order valence-electron chi connectivity index (χ1n) is 10.5. The topological polar surface area (TPSA) is 84.7 Å². The third-order valence-electron chi connectivity index (χ3n) is 5.90. The van der Waals surface area contributed by atoms with Crippen LogP contribution in [0.3, 0.4) is 0 Å². The molecule has 4 rings (SSSR count).